The average molecular weight is 270 g/mol. The van der Waals surface area contributed by atoms with Crippen molar-refractivity contribution in [3.63, 3.8) is 0 Å². The average Bonchev–Trinajstić information content (AvgIpc) is 2.62. The minimum atomic E-state index is 0.741. The molecule has 0 N–H and O–H groups in total. The molecule has 0 atom stereocenters. The number of halogens is 1. The maximum atomic E-state index is 5.02. The summed E-state index contributed by atoms with van der Waals surface area (Å²) in [7, 11) is 1.71. The van der Waals surface area contributed by atoms with Crippen LogP contribution in [0.2, 0.25) is 0 Å². The monoisotopic (exact) mass is 269 g/mol. The Kier molecular flexibility index (Phi) is 3.33. The Hall–Kier alpha value is -0.940. The summed E-state index contributed by atoms with van der Waals surface area (Å²) < 4.78 is 7.98. The largest absolute Gasteiger partial charge is 0.385 e. The fourth-order valence-corrected chi connectivity index (χ4v) is 1.79. The molecule has 0 aromatic carbocycles. The van der Waals surface area contributed by atoms with Crippen molar-refractivity contribution < 1.29 is 4.74 Å². The van der Waals surface area contributed by atoms with Gasteiger partial charge in [-0.3, -0.25) is 4.40 Å². The second kappa shape index (κ2) is 4.72. The van der Waals surface area contributed by atoms with Crippen molar-refractivity contribution in [2.45, 2.75) is 12.8 Å². The van der Waals surface area contributed by atoms with Crippen molar-refractivity contribution in [2.75, 3.05) is 13.7 Å². The van der Waals surface area contributed by atoms with Crippen molar-refractivity contribution >= 4 is 21.7 Å². The highest BCUT2D eigenvalue weighted by molar-refractivity contribution is 9.10. The molecule has 0 aliphatic carbocycles. The quantitative estimate of drug-likeness (QED) is 0.798. The van der Waals surface area contributed by atoms with Crippen LogP contribution in [0.5, 0.6) is 0 Å². The Morgan fingerprint density at radius 3 is 3.00 bits per heavy atom. The third kappa shape index (κ3) is 2.35. The van der Waals surface area contributed by atoms with Crippen molar-refractivity contribution in [1.82, 2.24) is 14.4 Å². The Morgan fingerprint density at radius 2 is 2.20 bits per heavy atom. The standard InChI is InChI=1S/C10H12BrN3O/c1-15-4-2-3-9-6-13-10-12-5-8(11)7-14(9)10/h5-7H,2-4H2,1H3. The minimum absolute atomic E-state index is 0.741. The van der Waals surface area contributed by atoms with Crippen LogP contribution in [-0.4, -0.2) is 28.1 Å². The summed E-state index contributed by atoms with van der Waals surface area (Å²) >= 11 is 3.40. The van der Waals surface area contributed by atoms with Crippen molar-refractivity contribution in [3.8, 4) is 0 Å². The van der Waals surface area contributed by atoms with Gasteiger partial charge in [0.15, 0.2) is 0 Å². The Labute approximate surface area is 96.4 Å². The van der Waals surface area contributed by atoms with E-state index in [1.807, 2.05) is 16.8 Å². The highest BCUT2D eigenvalue weighted by Crippen LogP contribution is 2.12. The number of hydrogen-bond donors (Lipinski definition) is 0. The zero-order valence-corrected chi connectivity index (χ0v) is 10.1. The van der Waals surface area contributed by atoms with E-state index in [1.165, 1.54) is 0 Å². The second-order valence-corrected chi connectivity index (χ2v) is 4.20. The molecule has 0 aliphatic rings. The predicted molar refractivity (Wildman–Crippen MR) is 60.9 cm³/mol. The van der Waals surface area contributed by atoms with Crippen molar-refractivity contribution in [1.29, 1.82) is 0 Å². The summed E-state index contributed by atoms with van der Waals surface area (Å²) in [6.07, 6.45) is 7.55. The van der Waals surface area contributed by atoms with Crippen molar-refractivity contribution in [2.24, 2.45) is 0 Å². The van der Waals surface area contributed by atoms with E-state index >= 15 is 0 Å². The molecule has 0 radical (unpaired) electrons. The zero-order valence-electron chi connectivity index (χ0n) is 8.48. The SMILES string of the molecule is COCCCc1cnc2ncc(Br)cn12. The van der Waals surface area contributed by atoms with Crippen LogP contribution in [0.1, 0.15) is 12.1 Å². The summed E-state index contributed by atoms with van der Waals surface area (Å²) in [6.45, 7) is 0.772. The molecule has 4 nitrogen and oxygen atoms in total. The molecule has 80 valence electrons. The number of methoxy groups -OCH3 is 1. The number of hydrogen-bond acceptors (Lipinski definition) is 3. The third-order valence-electron chi connectivity index (χ3n) is 2.19. The number of aryl methyl sites for hydroxylation is 1. The minimum Gasteiger partial charge on any atom is -0.385 e. The van der Waals surface area contributed by atoms with Gasteiger partial charge in [-0.15, -0.1) is 0 Å². The predicted octanol–water partition coefficient (Wildman–Crippen LogP) is 2.07. The number of nitrogens with zero attached hydrogens (tertiary/aromatic N) is 3. The number of rotatable bonds is 4. The van der Waals surface area contributed by atoms with E-state index in [0.29, 0.717) is 0 Å². The van der Waals surface area contributed by atoms with Gasteiger partial charge in [-0.2, -0.15) is 0 Å². The molecule has 0 aliphatic heterocycles. The molecule has 0 bridgehead atoms. The van der Waals surface area contributed by atoms with E-state index in [0.717, 1.165) is 35.4 Å². The van der Waals surface area contributed by atoms with Gasteiger partial charge in [-0.1, -0.05) is 0 Å². The van der Waals surface area contributed by atoms with Crippen LogP contribution in [0.15, 0.2) is 23.1 Å². The lowest BCUT2D eigenvalue weighted by Crippen LogP contribution is -1.97. The molecule has 0 fully saturated rings. The first-order valence-electron chi connectivity index (χ1n) is 4.77. The molecule has 2 aromatic heterocycles. The Bertz CT molecular complexity index is 455. The number of aromatic nitrogens is 3. The molecule has 2 aromatic rings. The van der Waals surface area contributed by atoms with E-state index in [4.69, 9.17) is 4.74 Å². The molecule has 0 saturated heterocycles. The van der Waals surface area contributed by atoms with Gasteiger partial charge >= 0.3 is 0 Å². The van der Waals surface area contributed by atoms with Gasteiger partial charge in [-0.05, 0) is 28.8 Å². The van der Waals surface area contributed by atoms with E-state index in [9.17, 15) is 0 Å². The first-order valence-corrected chi connectivity index (χ1v) is 5.57. The third-order valence-corrected chi connectivity index (χ3v) is 2.60. The van der Waals surface area contributed by atoms with E-state index in [1.54, 1.807) is 13.3 Å². The molecule has 15 heavy (non-hydrogen) atoms. The van der Waals surface area contributed by atoms with Gasteiger partial charge in [0.05, 0.1) is 10.7 Å². The summed E-state index contributed by atoms with van der Waals surface area (Å²) in [6, 6.07) is 0. The van der Waals surface area contributed by atoms with Crippen LogP contribution >= 0.6 is 15.9 Å². The van der Waals surface area contributed by atoms with E-state index in [2.05, 4.69) is 25.9 Å². The van der Waals surface area contributed by atoms with Gasteiger partial charge in [0.25, 0.3) is 0 Å². The van der Waals surface area contributed by atoms with E-state index < -0.39 is 0 Å². The molecule has 0 spiro atoms. The van der Waals surface area contributed by atoms with Crippen LogP contribution in [0.4, 0.5) is 0 Å². The molecular weight excluding hydrogens is 258 g/mol. The maximum Gasteiger partial charge on any atom is 0.233 e. The highest BCUT2D eigenvalue weighted by Gasteiger charge is 2.03. The first kappa shape index (κ1) is 10.6. The molecule has 0 unspecified atom stereocenters. The van der Waals surface area contributed by atoms with Crippen LogP contribution < -0.4 is 0 Å². The molecular formula is C10H12BrN3O. The lowest BCUT2D eigenvalue weighted by molar-refractivity contribution is 0.195. The molecule has 5 heteroatoms. The smallest absolute Gasteiger partial charge is 0.233 e. The Balaban J connectivity index is 2.23. The highest BCUT2D eigenvalue weighted by atomic mass is 79.9. The summed E-state index contributed by atoms with van der Waals surface area (Å²) in [5.41, 5.74) is 1.16. The molecule has 0 saturated carbocycles. The Morgan fingerprint density at radius 1 is 1.40 bits per heavy atom. The van der Waals surface area contributed by atoms with Gasteiger partial charge in [0, 0.05) is 31.8 Å². The number of fused-ring (bicyclic) bond motifs is 1. The zero-order chi connectivity index (χ0) is 10.7. The summed E-state index contributed by atoms with van der Waals surface area (Å²) in [5, 5.41) is 0. The van der Waals surface area contributed by atoms with Gasteiger partial charge in [0.1, 0.15) is 0 Å². The van der Waals surface area contributed by atoms with E-state index in [-0.39, 0.29) is 0 Å². The molecule has 0 amide bonds. The summed E-state index contributed by atoms with van der Waals surface area (Å²) in [4.78, 5) is 8.43. The lowest BCUT2D eigenvalue weighted by Gasteiger charge is -2.01. The second-order valence-electron chi connectivity index (χ2n) is 3.29. The van der Waals surface area contributed by atoms with Gasteiger partial charge in [-0.25, -0.2) is 9.97 Å². The normalized spacial score (nSPS) is 11.1. The van der Waals surface area contributed by atoms with Gasteiger partial charge in [0.2, 0.25) is 5.78 Å². The fraction of sp³-hybridized carbons (Fsp3) is 0.400. The topological polar surface area (TPSA) is 39.4 Å². The summed E-state index contributed by atoms with van der Waals surface area (Å²) in [5.74, 6) is 0.741. The number of imidazole rings is 1. The molecule has 2 rings (SSSR count). The maximum absolute atomic E-state index is 5.02. The fourth-order valence-electron chi connectivity index (χ4n) is 1.48. The lowest BCUT2D eigenvalue weighted by atomic mass is 10.2. The van der Waals surface area contributed by atoms with Crippen LogP contribution in [0, 0.1) is 0 Å². The molecule has 2 heterocycles. The van der Waals surface area contributed by atoms with Crippen LogP contribution in [0.3, 0.4) is 0 Å². The van der Waals surface area contributed by atoms with Crippen molar-refractivity contribution in [3.05, 3.63) is 28.8 Å². The number of ether oxygens (including phenoxy) is 1. The van der Waals surface area contributed by atoms with Gasteiger partial charge < -0.3 is 4.74 Å². The van der Waals surface area contributed by atoms with Crippen LogP contribution in [0.25, 0.3) is 5.78 Å². The van der Waals surface area contributed by atoms with Crippen LogP contribution in [-0.2, 0) is 11.2 Å². The first-order chi connectivity index (χ1) is 7.31.